The van der Waals surface area contributed by atoms with Gasteiger partial charge in [-0.1, -0.05) is 34.1 Å². The second-order valence-electron chi connectivity index (χ2n) is 8.78. The Hall–Kier alpha value is -3.71. The molecule has 0 aliphatic carbocycles. The van der Waals surface area contributed by atoms with Crippen LogP contribution in [-0.4, -0.2) is 81.0 Å². The van der Waals surface area contributed by atoms with Crippen molar-refractivity contribution < 1.29 is 48.9 Å². The first-order chi connectivity index (χ1) is 16.6. The molecule has 0 heterocycles. The van der Waals surface area contributed by atoms with E-state index < -0.39 is 84.5 Å². The Balaban J connectivity index is 5.83. The average Bonchev–Trinajstić information content (AvgIpc) is 2.76. The van der Waals surface area contributed by atoms with E-state index in [2.05, 4.69) is 21.3 Å². The number of carboxylic acid groups (broad SMARTS) is 3. The van der Waals surface area contributed by atoms with Crippen molar-refractivity contribution in [3.63, 3.8) is 0 Å². The molecule has 0 saturated carbocycles. The van der Waals surface area contributed by atoms with Gasteiger partial charge < -0.3 is 36.6 Å². The van der Waals surface area contributed by atoms with Gasteiger partial charge in [-0.3, -0.25) is 28.8 Å². The summed E-state index contributed by atoms with van der Waals surface area (Å²) in [6.45, 7) is 7.82. The average molecular weight is 517 g/mol. The van der Waals surface area contributed by atoms with Gasteiger partial charge in [0.05, 0.1) is 6.42 Å². The molecule has 0 bridgehead atoms. The van der Waals surface area contributed by atoms with Crippen LogP contribution >= 0.6 is 0 Å². The number of carbonyl (C=O) groups excluding carboxylic acids is 4. The van der Waals surface area contributed by atoms with Crippen LogP contribution in [-0.2, 0) is 33.6 Å². The number of hydrogen-bond acceptors (Lipinski definition) is 7. The van der Waals surface area contributed by atoms with E-state index in [-0.39, 0.29) is 12.3 Å². The summed E-state index contributed by atoms with van der Waals surface area (Å²) in [7, 11) is 0. The third-order valence-electron chi connectivity index (χ3n) is 5.37. The summed E-state index contributed by atoms with van der Waals surface area (Å²) in [5, 5.41) is 36.5. The molecule has 0 aromatic heterocycles. The van der Waals surface area contributed by atoms with Crippen molar-refractivity contribution >= 4 is 41.5 Å². The predicted octanol–water partition coefficient (Wildman–Crippen LogP) is -0.928. The number of aliphatic carboxylic acids is 3. The minimum Gasteiger partial charge on any atom is -0.481 e. The summed E-state index contributed by atoms with van der Waals surface area (Å²) in [5.74, 6) is -8.25. The summed E-state index contributed by atoms with van der Waals surface area (Å²) >= 11 is 0. The van der Waals surface area contributed by atoms with Crippen LogP contribution in [0.5, 0.6) is 0 Å². The molecule has 0 fully saturated rings. The molecule has 0 rings (SSSR count). The molecule has 0 radical (unpaired) electrons. The number of carbonyl (C=O) groups is 7. The zero-order valence-corrected chi connectivity index (χ0v) is 21.0. The van der Waals surface area contributed by atoms with E-state index in [1.54, 1.807) is 27.7 Å². The standard InChI is InChI=1S/C22H36N4O10/c1-6-11(4)18(21(34)25-14(22(35)36)9-16(30)31)26-19(32)13(7-8-15(28)29)24-20(33)17(10(2)3)23-12(5)27/h10-11,13-14,17-18H,6-9H2,1-5H3,(H,23,27)(H,24,33)(H,25,34)(H,26,32)(H,28,29)(H,30,31)(H,35,36)/t11-,13-,14-,17-,18-/m0/s1. The van der Waals surface area contributed by atoms with Crippen molar-refractivity contribution in [1.82, 2.24) is 21.3 Å². The van der Waals surface area contributed by atoms with Gasteiger partial charge in [0, 0.05) is 13.3 Å². The van der Waals surface area contributed by atoms with Crippen LogP contribution in [0.4, 0.5) is 0 Å². The zero-order chi connectivity index (χ0) is 28.2. The summed E-state index contributed by atoms with van der Waals surface area (Å²) in [6.07, 6.45) is -1.35. The number of nitrogens with one attached hydrogen (secondary N) is 4. The largest absolute Gasteiger partial charge is 0.481 e. The molecule has 0 aromatic rings. The summed E-state index contributed by atoms with van der Waals surface area (Å²) < 4.78 is 0. The van der Waals surface area contributed by atoms with Gasteiger partial charge in [-0.05, 0) is 18.3 Å². The molecule has 5 atom stereocenters. The molecule has 14 nitrogen and oxygen atoms in total. The van der Waals surface area contributed by atoms with E-state index in [0.717, 1.165) is 0 Å². The van der Waals surface area contributed by atoms with Crippen molar-refractivity contribution in [3.8, 4) is 0 Å². The quantitative estimate of drug-likeness (QED) is 0.133. The van der Waals surface area contributed by atoms with Gasteiger partial charge in [-0.2, -0.15) is 0 Å². The molecule has 0 aliphatic rings. The van der Waals surface area contributed by atoms with Crippen LogP contribution in [0.2, 0.25) is 0 Å². The van der Waals surface area contributed by atoms with E-state index in [1.165, 1.54) is 6.92 Å². The zero-order valence-electron chi connectivity index (χ0n) is 21.0. The Kier molecular flexibility index (Phi) is 13.7. The van der Waals surface area contributed by atoms with Crippen molar-refractivity contribution in [1.29, 1.82) is 0 Å². The van der Waals surface area contributed by atoms with Crippen molar-refractivity contribution in [2.45, 2.75) is 84.5 Å². The third-order valence-corrected chi connectivity index (χ3v) is 5.37. The van der Waals surface area contributed by atoms with Crippen LogP contribution in [0.25, 0.3) is 0 Å². The Morgan fingerprint density at radius 2 is 1.22 bits per heavy atom. The fraction of sp³-hybridized carbons (Fsp3) is 0.682. The minimum absolute atomic E-state index is 0.330. The highest BCUT2D eigenvalue weighted by molar-refractivity contribution is 5.95. The molecule has 0 spiro atoms. The van der Waals surface area contributed by atoms with Gasteiger partial charge in [0.1, 0.15) is 24.2 Å². The highest BCUT2D eigenvalue weighted by atomic mass is 16.4. The summed E-state index contributed by atoms with van der Waals surface area (Å²) in [5.41, 5.74) is 0. The maximum Gasteiger partial charge on any atom is 0.326 e. The molecule has 4 amide bonds. The number of amides is 4. The second-order valence-corrected chi connectivity index (χ2v) is 8.78. The summed E-state index contributed by atoms with van der Waals surface area (Å²) in [4.78, 5) is 83.4. The van der Waals surface area contributed by atoms with Crippen molar-refractivity contribution in [3.05, 3.63) is 0 Å². The molecular formula is C22H36N4O10. The number of rotatable bonds is 16. The van der Waals surface area contributed by atoms with E-state index in [9.17, 15) is 38.7 Å². The molecule has 0 unspecified atom stereocenters. The highest BCUT2D eigenvalue weighted by Gasteiger charge is 2.34. The maximum atomic E-state index is 13.0. The molecule has 0 saturated heterocycles. The van der Waals surface area contributed by atoms with E-state index in [4.69, 9.17) is 10.2 Å². The van der Waals surface area contributed by atoms with Crippen LogP contribution in [0, 0.1) is 11.8 Å². The topological polar surface area (TPSA) is 228 Å². The molecule has 204 valence electrons. The lowest BCUT2D eigenvalue weighted by Crippen LogP contribution is -2.59. The maximum absolute atomic E-state index is 13.0. The van der Waals surface area contributed by atoms with Gasteiger partial charge in [0.2, 0.25) is 23.6 Å². The lowest BCUT2D eigenvalue weighted by molar-refractivity contribution is -0.147. The molecule has 7 N–H and O–H groups in total. The van der Waals surface area contributed by atoms with Gasteiger partial charge in [-0.25, -0.2) is 4.79 Å². The van der Waals surface area contributed by atoms with E-state index >= 15 is 0 Å². The van der Waals surface area contributed by atoms with Crippen molar-refractivity contribution in [2.75, 3.05) is 0 Å². The Morgan fingerprint density at radius 1 is 0.694 bits per heavy atom. The van der Waals surface area contributed by atoms with Crippen LogP contribution in [0.1, 0.15) is 60.3 Å². The third kappa shape index (κ3) is 11.6. The second kappa shape index (κ2) is 15.3. The van der Waals surface area contributed by atoms with Crippen LogP contribution in [0.3, 0.4) is 0 Å². The van der Waals surface area contributed by atoms with E-state index in [0.29, 0.717) is 6.42 Å². The first-order valence-corrected chi connectivity index (χ1v) is 11.4. The smallest absolute Gasteiger partial charge is 0.326 e. The van der Waals surface area contributed by atoms with Crippen molar-refractivity contribution in [2.24, 2.45) is 11.8 Å². The molecule has 36 heavy (non-hydrogen) atoms. The molecule has 0 aliphatic heterocycles. The highest BCUT2D eigenvalue weighted by Crippen LogP contribution is 2.11. The normalized spacial score (nSPS) is 14.9. The van der Waals surface area contributed by atoms with E-state index in [1.807, 2.05) is 0 Å². The van der Waals surface area contributed by atoms with Crippen LogP contribution < -0.4 is 21.3 Å². The molecule has 0 aromatic carbocycles. The minimum atomic E-state index is -1.74. The Bertz CT molecular complexity index is 845. The monoisotopic (exact) mass is 516 g/mol. The fourth-order valence-electron chi connectivity index (χ4n) is 3.14. The number of carboxylic acids is 3. The van der Waals surface area contributed by atoms with Gasteiger partial charge in [-0.15, -0.1) is 0 Å². The summed E-state index contributed by atoms with van der Waals surface area (Å²) in [6, 6.07) is -5.45. The lowest BCUT2D eigenvalue weighted by Gasteiger charge is -2.28. The van der Waals surface area contributed by atoms with Gasteiger partial charge in [0.15, 0.2) is 0 Å². The van der Waals surface area contributed by atoms with Gasteiger partial charge in [0.25, 0.3) is 0 Å². The number of hydrogen-bond donors (Lipinski definition) is 7. The predicted molar refractivity (Wildman–Crippen MR) is 124 cm³/mol. The fourth-order valence-corrected chi connectivity index (χ4v) is 3.14. The first-order valence-electron chi connectivity index (χ1n) is 11.4. The SMILES string of the molecule is CC[C@H](C)[C@H](NC(=O)[C@H](CCC(=O)O)NC(=O)[C@@H](NC(C)=O)C(C)C)C(=O)N[C@@H](CC(=O)O)C(=O)O. The first kappa shape index (κ1) is 32.3. The molecule has 14 heteroatoms. The Labute approximate surface area is 208 Å². The van der Waals surface area contributed by atoms with Crippen LogP contribution in [0.15, 0.2) is 0 Å². The van der Waals surface area contributed by atoms with Gasteiger partial charge >= 0.3 is 17.9 Å². The lowest BCUT2D eigenvalue weighted by atomic mass is 9.96. The Morgan fingerprint density at radius 3 is 1.64 bits per heavy atom. The molecular weight excluding hydrogens is 480 g/mol.